The monoisotopic (exact) mass is 421 g/mol. The fraction of sp³-hybridized carbons (Fsp3) is 0.696. The predicted molar refractivity (Wildman–Crippen MR) is 116 cm³/mol. The predicted octanol–water partition coefficient (Wildman–Crippen LogP) is 4.51. The molecular formula is C23H36FNO3Si. The Kier molecular flexibility index (Phi) is 6.86. The Morgan fingerprint density at radius 2 is 2.00 bits per heavy atom. The Morgan fingerprint density at radius 3 is 2.52 bits per heavy atom. The number of likely N-dealkylation sites (tertiary alicyclic amines) is 1. The molecule has 29 heavy (non-hydrogen) atoms. The maximum Gasteiger partial charge on any atom is 0.320 e. The summed E-state index contributed by atoms with van der Waals surface area (Å²) in [5.74, 6) is -0.210. The van der Waals surface area contributed by atoms with E-state index in [4.69, 9.17) is 4.43 Å². The Morgan fingerprint density at radius 1 is 1.31 bits per heavy atom. The molecule has 3 rings (SSSR count). The van der Waals surface area contributed by atoms with Gasteiger partial charge in [-0.2, -0.15) is 0 Å². The van der Waals surface area contributed by atoms with Gasteiger partial charge in [-0.25, -0.2) is 4.39 Å². The fourth-order valence-electron chi connectivity index (χ4n) is 4.83. The second-order valence-electron chi connectivity index (χ2n) is 10.3. The van der Waals surface area contributed by atoms with Crippen LogP contribution in [0.15, 0.2) is 24.3 Å². The first-order valence-corrected chi connectivity index (χ1v) is 13.7. The molecule has 1 aromatic rings. The minimum atomic E-state index is -1.30. The summed E-state index contributed by atoms with van der Waals surface area (Å²) in [5.41, 5.74) is 0.884. The minimum Gasteiger partial charge on any atom is -0.480 e. The highest BCUT2D eigenvalue weighted by Gasteiger charge is 2.47. The Balaban J connectivity index is 1.93. The lowest BCUT2D eigenvalue weighted by atomic mass is 9.75. The van der Waals surface area contributed by atoms with Crippen molar-refractivity contribution in [1.82, 2.24) is 4.90 Å². The molecule has 2 aliphatic rings. The summed E-state index contributed by atoms with van der Waals surface area (Å²) in [6.07, 6.45) is 3.02. The van der Waals surface area contributed by atoms with Gasteiger partial charge in [0.2, 0.25) is 0 Å². The van der Waals surface area contributed by atoms with Gasteiger partial charge in [0.1, 0.15) is 11.9 Å². The third-order valence-electron chi connectivity index (χ3n) is 6.31. The highest BCUT2D eigenvalue weighted by molar-refractivity contribution is 6.48. The van der Waals surface area contributed by atoms with Crippen LogP contribution >= 0.6 is 0 Å². The zero-order chi connectivity index (χ0) is 21.3. The van der Waals surface area contributed by atoms with Gasteiger partial charge in [0, 0.05) is 24.9 Å². The lowest BCUT2D eigenvalue weighted by Crippen LogP contribution is -2.44. The molecular weight excluding hydrogens is 385 g/mol. The van der Waals surface area contributed by atoms with E-state index in [2.05, 4.69) is 38.8 Å². The van der Waals surface area contributed by atoms with E-state index in [0.717, 1.165) is 24.8 Å². The topological polar surface area (TPSA) is 49.8 Å². The molecule has 1 aromatic carbocycles. The van der Waals surface area contributed by atoms with Gasteiger partial charge < -0.3 is 9.53 Å². The Labute approximate surface area is 176 Å². The van der Waals surface area contributed by atoms with Crippen LogP contribution in [0.1, 0.15) is 51.5 Å². The van der Waals surface area contributed by atoms with Crippen molar-refractivity contribution in [1.29, 1.82) is 0 Å². The van der Waals surface area contributed by atoms with Crippen LogP contribution in [0.5, 0.6) is 0 Å². The number of halogens is 1. The van der Waals surface area contributed by atoms with Crippen molar-refractivity contribution in [3.05, 3.63) is 35.6 Å². The van der Waals surface area contributed by atoms with Crippen molar-refractivity contribution >= 4 is 15.0 Å². The highest BCUT2D eigenvalue weighted by atomic mass is 28.3. The number of aliphatic carboxylic acids is 1. The summed E-state index contributed by atoms with van der Waals surface area (Å²) in [6, 6.07) is 6.36. The molecule has 1 aliphatic carbocycles. The first-order valence-electron chi connectivity index (χ1n) is 10.9. The van der Waals surface area contributed by atoms with E-state index in [-0.39, 0.29) is 29.2 Å². The fourth-order valence-corrected chi connectivity index (χ4v) is 6.02. The average molecular weight is 422 g/mol. The third kappa shape index (κ3) is 5.67. The number of carboxylic acids is 1. The molecule has 2 fully saturated rings. The van der Waals surface area contributed by atoms with Crippen molar-refractivity contribution in [2.24, 2.45) is 17.3 Å². The van der Waals surface area contributed by atoms with Crippen LogP contribution in [0.25, 0.3) is 0 Å². The summed E-state index contributed by atoms with van der Waals surface area (Å²) in [6.45, 7) is 12.3. The van der Waals surface area contributed by atoms with E-state index in [0.29, 0.717) is 19.0 Å². The zero-order valence-corrected chi connectivity index (χ0v) is 19.6. The highest BCUT2D eigenvalue weighted by Crippen LogP contribution is 2.44. The van der Waals surface area contributed by atoms with Gasteiger partial charge in [0.05, 0.1) is 6.10 Å². The summed E-state index contributed by atoms with van der Waals surface area (Å²) in [7, 11) is -1.30. The maximum absolute atomic E-state index is 14.0. The zero-order valence-electron chi connectivity index (χ0n) is 18.4. The Hall–Kier alpha value is -1.24. The largest absolute Gasteiger partial charge is 0.480 e. The second kappa shape index (κ2) is 8.86. The van der Waals surface area contributed by atoms with E-state index < -0.39 is 21.1 Å². The molecule has 1 aliphatic heterocycles. The number of rotatable bonds is 8. The molecule has 4 atom stereocenters. The van der Waals surface area contributed by atoms with E-state index in [1.54, 1.807) is 12.1 Å². The van der Waals surface area contributed by atoms with Gasteiger partial charge in [-0.05, 0) is 48.5 Å². The van der Waals surface area contributed by atoms with Crippen LogP contribution in [0.3, 0.4) is 0 Å². The number of carbonyl (C=O) groups is 1. The van der Waals surface area contributed by atoms with E-state index >= 15 is 0 Å². The van der Waals surface area contributed by atoms with Crippen LogP contribution in [-0.2, 0) is 9.22 Å². The van der Waals surface area contributed by atoms with Crippen LogP contribution < -0.4 is 0 Å². The molecule has 0 aromatic heterocycles. The molecule has 6 heteroatoms. The molecule has 0 spiro atoms. The summed E-state index contributed by atoms with van der Waals surface area (Å²) < 4.78 is 20.6. The molecule has 162 valence electrons. The van der Waals surface area contributed by atoms with E-state index in [1.165, 1.54) is 6.07 Å². The molecule has 1 saturated heterocycles. The maximum atomic E-state index is 14.0. The molecule has 1 heterocycles. The molecule has 0 bridgehead atoms. The molecule has 1 N–H and O–H groups in total. The molecule has 4 nitrogen and oxygen atoms in total. The van der Waals surface area contributed by atoms with Crippen LogP contribution in [0.4, 0.5) is 4.39 Å². The van der Waals surface area contributed by atoms with Crippen LogP contribution in [0, 0.1) is 23.1 Å². The summed E-state index contributed by atoms with van der Waals surface area (Å²) >= 11 is 0. The minimum absolute atomic E-state index is 0.0165. The standard InChI is InChI=1S/C23H36FNO3Si/c1-23(2,3)21(28-29(4)5)19-14-25(20(22(26)27)11-15-9-10-15)13-18(19)16-7-6-8-17(24)12-16/h6-8,12,15,18-21,29H,9-11,13-14H2,1-5H3,(H,26,27)/t18?,19?,20?,21-/m1/s1. The van der Waals surface area contributed by atoms with Gasteiger partial charge >= 0.3 is 5.97 Å². The third-order valence-corrected chi connectivity index (χ3v) is 7.15. The van der Waals surface area contributed by atoms with Crippen molar-refractivity contribution < 1.29 is 18.7 Å². The number of hydrogen-bond donors (Lipinski definition) is 1. The lowest BCUT2D eigenvalue weighted by Gasteiger charge is -2.39. The number of nitrogens with zero attached hydrogens (tertiary/aromatic N) is 1. The second-order valence-corrected chi connectivity index (χ2v) is 12.7. The number of carboxylic acid groups (broad SMARTS) is 1. The molecule has 0 amide bonds. The van der Waals surface area contributed by atoms with E-state index in [9.17, 15) is 14.3 Å². The molecule has 0 radical (unpaired) electrons. The van der Waals surface area contributed by atoms with Crippen molar-refractivity contribution in [2.75, 3.05) is 13.1 Å². The van der Waals surface area contributed by atoms with Crippen LogP contribution in [-0.4, -0.2) is 50.3 Å². The van der Waals surface area contributed by atoms with Crippen LogP contribution in [0.2, 0.25) is 13.1 Å². The van der Waals surface area contributed by atoms with Crippen molar-refractivity contribution in [3.63, 3.8) is 0 Å². The molecule has 3 unspecified atom stereocenters. The average Bonchev–Trinajstić information content (AvgIpc) is 3.33. The van der Waals surface area contributed by atoms with Gasteiger partial charge in [-0.3, -0.25) is 9.69 Å². The van der Waals surface area contributed by atoms with Gasteiger partial charge in [0.25, 0.3) is 0 Å². The first-order chi connectivity index (χ1) is 13.6. The quantitative estimate of drug-likeness (QED) is 0.628. The number of benzene rings is 1. The smallest absolute Gasteiger partial charge is 0.320 e. The normalized spacial score (nSPS) is 25.3. The van der Waals surface area contributed by atoms with Crippen molar-refractivity contribution in [3.8, 4) is 0 Å². The van der Waals surface area contributed by atoms with Gasteiger partial charge in [-0.15, -0.1) is 0 Å². The first kappa shape index (κ1) is 22.4. The summed E-state index contributed by atoms with van der Waals surface area (Å²) in [5, 5.41) is 9.92. The van der Waals surface area contributed by atoms with Gasteiger partial charge in [-0.1, -0.05) is 45.7 Å². The van der Waals surface area contributed by atoms with Gasteiger partial charge in [0.15, 0.2) is 9.04 Å². The molecule has 1 saturated carbocycles. The van der Waals surface area contributed by atoms with E-state index in [1.807, 2.05) is 6.07 Å². The lowest BCUT2D eigenvalue weighted by molar-refractivity contribution is -0.143. The SMILES string of the molecule is C[SiH](C)O[C@H](C1CN(C(CC2CC2)C(=O)O)CC1c1cccc(F)c1)C(C)(C)C. The summed E-state index contributed by atoms with van der Waals surface area (Å²) in [4.78, 5) is 14.2. The Bertz CT molecular complexity index is 716. The number of hydrogen-bond acceptors (Lipinski definition) is 3. The van der Waals surface area contributed by atoms with Crippen molar-refractivity contribution in [2.45, 2.75) is 71.2 Å².